The Labute approximate surface area is 97.2 Å². The third kappa shape index (κ3) is 1.51. The maximum absolute atomic E-state index is 12.5. The molecule has 0 bridgehead atoms. The number of nitrogens with one attached hydrogen (secondary N) is 1. The second-order valence-corrected chi connectivity index (χ2v) is 3.92. The first-order chi connectivity index (χ1) is 8.29. The van der Waals surface area contributed by atoms with E-state index in [1.54, 1.807) is 12.1 Å². The van der Waals surface area contributed by atoms with Crippen LogP contribution >= 0.6 is 0 Å². The number of halogens is 1. The molecule has 0 atom stereocenters. The monoisotopic (exact) mass is 227 g/mol. The average molecular weight is 227 g/mol. The Balaban J connectivity index is 2.33. The summed E-state index contributed by atoms with van der Waals surface area (Å²) in [5.41, 5.74) is 2.18. The molecule has 0 spiro atoms. The van der Waals surface area contributed by atoms with Crippen molar-refractivity contribution in [3.63, 3.8) is 0 Å². The summed E-state index contributed by atoms with van der Waals surface area (Å²) in [4.78, 5) is 0. The van der Waals surface area contributed by atoms with Crippen molar-refractivity contribution in [1.82, 2.24) is 0 Å². The van der Waals surface area contributed by atoms with Gasteiger partial charge in [0.15, 0.2) is 0 Å². The molecule has 2 aromatic carbocycles. The minimum Gasteiger partial charge on any atom is -0.456 e. The zero-order chi connectivity index (χ0) is 11.8. The van der Waals surface area contributed by atoms with Crippen LogP contribution in [-0.2, 0) is 0 Å². The van der Waals surface area contributed by atoms with Crippen LogP contribution in [0.3, 0.4) is 0 Å². The number of para-hydroxylation sites is 1. The highest BCUT2D eigenvalue weighted by molar-refractivity contribution is 6.09. The van der Waals surface area contributed by atoms with Gasteiger partial charge in [0.2, 0.25) is 0 Å². The van der Waals surface area contributed by atoms with E-state index in [4.69, 9.17) is 9.83 Å². The molecule has 0 aliphatic heterocycles. The SMILES string of the molecule is N=C(CF)c1ccc2oc3ccccc3c2c1. The summed E-state index contributed by atoms with van der Waals surface area (Å²) in [6, 6.07) is 13.0. The van der Waals surface area contributed by atoms with Gasteiger partial charge in [-0.25, -0.2) is 4.39 Å². The molecule has 1 N–H and O–H groups in total. The molecular formula is C14H10FNO. The largest absolute Gasteiger partial charge is 0.456 e. The van der Waals surface area contributed by atoms with Gasteiger partial charge in [-0.3, -0.25) is 0 Å². The lowest BCUT2D eigenvalue weighted by atomic mass is 10.1. The summed E-state index contributed by atoms with van der Waals surface area (Å²) in [6.07, 6.45) is 0. The Bertz CT molecular complexity index is 714. The standard InChI is InChI=1S/C14H10FNO/c15-8-12(16)9-5-6-14-11(7-9)10-3-1-2-4-13(10)17-14/h1-7,16H,8H2. The van der Waals surface area contributed by atoms with Crippen LogP contribution in [0, 0.1) is 5.41 Å². The van der Waals surface area contributed by atoms with Gasteiger partial charge in [-0.2, -0.15) is 0 Å². The lowest BCUT2D eigenvalue weighted by molar-refractivity contribution is 0.580. The molecule has 0 saturated carbocycles. The lowest BCUT2D eigenvalue weighted by Crippen LogP contribution is -1.99. The molecule has 84 valence electrons. The van der Waals surface area contributed by atoms with Crippen LogP contribution in [-0.4, -0.2) is 12.4 Å². The van der Waals surface area contributed by atoms with Crippen molar-refractivity contribution in [3.8, 4) is 0 Å². The van der Waals surface area contributed by atoms with E-state index in [1.807, 2.05) is 30.3 Å². The smallest absolute Gasteiger partial charge is 0.135 e. The highest BCUT2D eigenvalue weighted by atomic mass is 19.1. The molecular weight excluding hydrogens is 217 g/mol. The Morgan fingerprint density at radius 2 is 1.82 bits per heavy atom. The normalized spacial score (nSPS) is 11.1. The third-order valence-corrected chi connectivity index (χ3v) is 2.86. The number of alkyl halides is 1. The van der Waals surface area contributed by atoms with E-state index in [2.05, 4.69) is 0 Å². The Kier molecular flexibility index (Phi) is 2.18. The minimum absolute atomic E-state index is 0.00261. The van der Waals surface area contributed by atoms with E-state index in [9.17, 15) is 4.39 Å². The third-order valence-electron chi connectivity index (χ3n) is 2.86. The predicted molar refractivity (Wildman–Crippen MR) is 66.5 cm³/mol. The summed E-state index contributed by atoms with van der Waals surface area (Å²) in [5.74, 6) is 0. The molecule has 0 saturated heterocycles. The number of fused-ring (bicyclic) bond motifs is 3. The Hall–Kier alpha value is -2.16. The molecule has 0 aliphatic rings. The van der Waals surface area contributed by atoms with E-state index in [-0.39, 0.29) is 5.71 Å². The summed E-state index contributed by atoms with van der Waals surface area (Å²) < 4.78 is 18.1. The number of furan rings is 1. The van der Waals surface area contributed by atoms with Gasteiger partial charge in [0.1, 0.15) is 17.8 Å². The van der Waals surface area contributed by atoms with Crippen LogP contribution in [0.1, 0.15) is 5.56 Å². The molecule has 0 fully saturated rings. The topological polar surface area (TPSA) is 37.0 Å². The Morgan fingerprint density at radius 3 is 2.65 bits per heavy atom. The maximum Gasteiger partial charge on any atom is 0.135 e. The maximum atomic E-state index is 12.5. The molecule has 2 nitrogen and oxygen atoms in total. The van der Waals surface area contributed by atoms with Crippen molar-refractivity contribution >= 4 is 27.7 Å². The number of hydrogen-bond acceptors (Lipinski definition) is 2. The first kappa shape index (κ1) is 10.0. The fourth-order valence-corrected chi connectivity index (χ4v) is 1.99. The molecule has 3 heteroatoms. The molecule has 0 unspecified atom stereocenters. The van der Waals surface area contributed by atoms with Crippen LogP contribution < -0.4 is 0 Å². The van der Waals surface area contributed by atoms with Crippen molar-refractivity contribution in [3.05, 3.63) is 48.0 Å². The summed E-state index contributed by atoms with van der Waals surface area (Å²) in [5, 5.41) is 9.43. The van der Waals surface area contributed by atoms with Crippen molar-refractivity contribution < 1.29 is 8.81 Å². The fourth-order valence-electron chi connectivity index (χ4n) is 1.99. The van der Waals surface area contributed by atoms with Gasteiger partial charge in [0.05, 0.1) is 5.71 Å². The molecule has 1 heterocycles. The van der Waals surface area contributed by atoms with E-state index in [0.29, 0.717) is 5.56 Å². The molecule has 3 rings (SSSR count). The summed E-state index contributed by atoms with van der Waals surface area (Å²) in [6.45, 7) is -0.749. The number of benzene rings is 2. The average Bonchev–Trinajstić information content (AvgIpc) is 2.75. The van der Waals surface area contributed by atoms with Gasteiger partial charge in [-0.15, -0.1) is 0 Å². The lowest BCUT2D eigenvalue weighted by Gasteiger charge is -1.98. The molecule has 0 radical (unpaired) electrons. The van der Waals surface area contributed by atoms with Crippen LogP contribution in [0.5, 0.6) is 0 Å². The van der Waals surface area contributed by atoms with Crippen molar-refractivity contribution in [2.45, 2.75) is 0 Å². The number of rotatable bonds is 2. The second-order valence-electron chi connectivity index (χ2n) is 3.92. The number of hydrogen-bond donors (Lipinski definition) is 1. The zero-order valence-corrected chi connectivity index (χ0v) is 9.03. The zero-order valence-electron chi connectivity index (χ0n) is 9.03. The highest BCUT2D eigenvalue weighted by Gasteiger charge is 2.08. The minimum atomic E-state index is -0.749. The van der Waals surface area contributed by atoms with Crippen LogP contribution in [0.2, 0.25) is 0 Å². The van der Waals surface area contributed by atoms with Crippen molar-refractivity contribution in [2.75, 3.05) is 6.67 Å². The van der Waals surface area contributed by atoms with Crippen molar-refractivity contribution in [1.29, 1.82) is 5.41 Å². The van der Waals surface area contributed by atoms with Crippen LogP contribution in [0.15, 0.2) is 46.9 Å². The Morgan fingerprint density at radius 1 is 1.06 bits per heavy atom. The van der Waals surface area contributed by atoms with Gasteiger partial charge in [0, 0.05) is 10.8 Å². The highest BCUT2D eigenvalue weighted by Crippen LogP contribution is 2.29. The summed E-state index contributed by atoms with van der Waals surface area (Å²) in [7, 11) is 0. The predicted octanol–water partition coefficient (Wildman–Crippen LogP) is 3.92. The van der Waals surface area contributed by atoms with Gasteiger partial charge in [0.25, 0.3) is 0 Å². The van der Waals surface area contributed by atoms with Gasteiger partial charge < -0.3 is 9.83 Å². The van der Waals surface area contributed by atoms with Gasteiger partial charge in [-0.1, -0.05) is 18.2 Å². The van der Waals surface area contributed by atoms with Gasteiger partial charge in [-0.05, 0) is 29.8 Å². The van der Waals surface area contributed by atoms with E-state index in [1.165, 1.54) is 0 Å². The molecule has 3 aromatic rings. The second kappa shape index (κ2) is 3.70. The first-order valence-corrected chi connectivity index (χ1v) is 5.34. The van der Waals surface area contributed by atoms with Crippen LogP contribution in [0.4, 0.5) is 4.39 Å². The first-order valence-electron chi connectivity index (χ1n) is 5.34. The fraction of sp³-hybridized carbons (Fsp3) is 0.0714. The van der Waals surface area contributed by atoms with E-state index in [0.717, 1.165) is 21.9 Å². The quantitative estimate of drug-likeness (QED) is 0.662. The molecule has 1 aromatic heterocycles. The van der Waals surface area contributed by atoms with E-state index >= 15 is 0 Å². The van der Waals surface area contributed by atoms with E-state index < -0.39 is 6.67 Å². The van der Waals surface area contributed by atoms with Crippen LogP contribution in [0.25, 0.3) is 21.9 Å². The summed E-state index contributed by atoms with van der Waals surface area (Å²) >= 11 is 0. The van der Waals surface area contributed by atoms with Crippen molar-refractivity contribution in [2.24, 2.45) is 0 Å². The molecule has 0 amide bonds. The molecule has 0 aliphatic carbocycles. The molecule has 17 heavy (non-hydrogen) atoms. The van der Waals surface area contributed by atoms with Gasteiger partial charge >= 0.3 is 0 Å².